The Morgan fingerprint density at radius 2 is 2.47 bits per heavy atom. The van der Waals surface area contributed by atoms with Crippen LogP contribution in [0.25, 0.3) is 0 Å². The van der Waals surface area contributed by atoms with E-state index in [4.69, 9.17) is 5.26 Å². The Hall–Kier alpha value is -2.09. The van der Waals surface area contributed by atoms with Gasteiger partial charge < -0.3 is 10.3 Å². The van der Waals surface area contributed by atoms with Gasteiger partial charge in [-0.05, 0) is 19.1 Å². The van der Waals surface area contributed by atoms with Crippen LogP contribution in [0.2, 0.25) is 0 Å². The summed E-state index contributed by atoms with van der Waals surface area (Å²) >= 11 is 0. The average molecular weight is 205 g/mol. The second kappa shape index (κ2) is 4.96. The summed E-state index contributed by atoms with van der Waals surface area (Å²) < 4.78 is 0. The van der Waals surface area contributed by atoms with E-state index in [1.807, 2.05) is 6.07 Å². The highest BCUT2D eigenvalue weighted by molar-refractivity contribution is 5.93. The van der Waals surface area contributed by atoms with Crippen LogP contribution in [-0.4, -0.2) is 16.9 Å². The molecule has 0 spiro atoms. The predicted octanol–water partition coefficient (Wildman–Crippen LogP) is 0.407. The number of H-pyrrole nitrogens is 1. The smallest absolute Gasteiger partial charge is 0.260 e. The van der Waals surface area contributed by atoms with Gasteiger partial charge in [-0.2, -0.15) is 5.26 Å². The van der Waals surface area contributed by atoms with Gasteiger partial charge in [-0.15, -0.1) is 0 Å². The van der Waals surface area contributed by atoms with Gasteiger partial charge in [0, 0.05) is 12.2 Å². The first-order valence-electron chi connectivity index (χ1n) is 4.50. The minimum absolute atomic E-state index is 0.0577. The van der Waals surface area contributed by atoms with E-state index in [-0.39, 0.29) is 18.0 Å². The van der Waals surface area contributed by atoms with Crippen molar-refractivity contribution in [3.05, 3.63) is 34.2 Å². The third kappa shape index (κ3) is 2.95. The van der Waals surface area contributed by atoms with Crippen molar-refractivity contribution < 1.29 is 4.79 Å². The first kappa shape index (κ1) is 11.0. The van der Waals surface area contributed by atoms with Crippen LogP contribution in [0.5, 0.6) is 0 Å². The average Bonchev–Trinajstić information content (AvgIpc) is 2.18. The molecule has 2 N–H and O–H groups in total. The molecular weight excluding hydrogens is 194 g/mol. The zero-order valence-electron chi connectivity index (χ0n) is 8.28. The lowest BCUT2D eigenvalue weighted by Gasteiger charge is -2.09. The molecule has 0 radical (unpaired) electrons. The molecule has 0 aliphatic heterocycles. The Bertz CT molecular complexity index is 444. The van der Waals surface area contributed by atoms with E-state index < -0.39 is 11.5 Å². The highest BCUT2D eigenvalue weighted by Gasteiger charge is 2.11. The molecule has 78 valence electrons. The Morgan fingerprint density at radius 3 is 3.07 bits per heavy atom. The molecule has 1 aromatic rings. The van der Waals surface area contributed by atoms with Gasteiger partial charge >= 0.3 is 0 Å². The SMILES string of the molecule is CC(CC#N)NC(=O)c1ccc[nH]c1=O. The van der Waals surface area contributed by atoms with Gasteiger partial charge in [-0.1, -0.05) is 0 Å². The lowest BCUT2D eigenvalue weighted by Crippen LogP contribution is -2.35. The van der Waals surface area contributed by atoms with Crippen molar-refractivity contribution >= 4 is 5.91 Å². The van der Waals surface area contributed by atoms with E-state index in [1.54, 1.807) is 13.0 Å². The number of carbonyl (C=O) groups excluding carboxylic acids is 1. The van der Waals surface area contributed by atoms with Crippen molar-refractivity contribution in [2.45, 2.75) is 19.4 Å². The number of amides is 1. The number of rotatable bonds is 3. The number of nitrogens with one attached hydrogen (secondary N) is 2. The highest BCUT2D eigenvalue weighted by Crippen LogP contribution is 1.93. The van der Waals surface area contributed by atoms with E-state index >= 15 is 0 Å². The van der Waals surface area contributed by atoms with Crippen LogP contribution in [-0.2, 0) is 0 Å². The standard InChI is InChI=1S/C10H11N3O2/c1-7(4-5-11)13-10(15)8-3-2-6-12-9(8)14/h2-3,6-7H,4H2,1H3,(H,12,14)(H,13,15). The maximum absolute atomic E-state index is 11.5. The van der Waals surface area contributed by atoms with Gasteiger partial charge in [0.15, 0.2) is 0 Å². The molecule has 0 fully saturated rings. The molecular formula is C10H11N3O2. The number of hydrogen-bond donors (Lipinski definition) is 2. The lowest BCUT2D eigenvalue weighted by molar-refractivity contribution is 0.0939. The molecule has 0 bridgehead atoms. The Morgan fingerprint density at radius 1 is 1.73 bits per heavy atom. The van der Waals surface area contributed by atoms with E-state index in [0.717, 1.165) is 0 Å². The summed E-state index contributed by atoms with van der Waals surface area (Å²) in [5.41, 5.74) is -0.374. The van der Waals surface area contributed by atoms with Crippen molar-refractivity contribution in [3.63, 3.8) is 0 Å². The van der Waals surface area contributed by atoms with Gasteiger partial charge in [-0.3, -0.25) is 9.59 Å². The van der Waals surface area contributed by atoms with Crippen LogP contribution in [0.3, 0.4) is 0 Å². The van der Waals surface area contributed by atoms with Crippen molar-refractivity contribution in [1.29, 1.82) is 5.26 Å². The van der Waals surface area contributed by atoms with Gasteiger partial charge in [0.25, 0.3) is 11.5 Å². The quantitative estimate of drug-likeness (QED) is 0.749. The predicted molar refractivity (Wildman–Crippen MR) is 54.2 cm³/mol. The Labute approximate surface area is 86.7 Å². The fourth-order valence-electron chi connectivity index (χ4n) is 1.09. The molecule has 15 heavy (non-hydrogen) atoms. The number of hydrogen-bond acceptors (Lipinski definition) is 3. The third-order valence-electron chi connectivity index (χ3n) is 1.84. The number of nitriles is 1. The highest BCUT2D eigenvalue weighted by atomic mass is 16.2. The summed E-state index contributed by atoms with van der Waals surface area (Å²) in [6.45, 7) is 1.71. The van der Waals surface area contributed by atoms with Gasteiger partial charge in [0.1, 0.15) is 5.56 Å². The topological polar surface area (TPSA) is 85.8 Å². The molecule has 0 aromatic carbocycles. The number of aromatic amines is 1. The molecule has 1 unspecified atom stereocenters. The largest absolute Gasteiger partial charge is 0.348 e. The summed E-state index contributed by atoms with van der Waals surface area (Å²) in [5.74, 6) is -0.459. The monoisotopic (exact) mass is 205 g/mol. The van der Waals surface area contributed by atoms with E-state index in [1.165, 1.54) is 12.3 Å². The Balaban J connectivity index is 2.75. The van der Waals surface area contributed by atoms with E-state index in [9.17, 15) is 9.59 Å². The summed E-state index contributed by atoms with van der Waals surface area (Å²) in [6.07, 6.45) is 1.67. The second-order valence-electron chi connectivity index (χ2n) is 3.15. The van der Waals surface area contributed by atoms with Crippen LogP contribution < -0.4 is 10.9 Å². The molecule has 1 rings (SSSR count). The number of carbonyl (C=O) groups is 1. The third-order valence-corrected chi connectivity index (χ3v) is 1.84. The maximum Gasteiger partial charge on any atom is 0.260 e. The minimum Gasteiger partial charge on any atom is -0.348 e. The van der Waals surface area contributed by atoms with Crippen molar-refractivity contribution in [3.8, 4) is 6.07 Å². The summed E-state index contributed by atoms with van der Waals surface area (Å²) in [4.78, 5) is 25.1. The second-order valence-corrected chi connectivity index (χ2v) is 3.15. The molecule has 1 aromatic heterocycles. The number of aromatic nitrogens is 1. The van der Waals surface area contributed by atoms with Crippen molar-refractivity contribution in [1.82, 2.24) is 10.3 Å². The molecule has 0 aliphatic rings. The summed E-state index contributed by atoms with van der Waals surface area (Å²) in [6, 6.07) is 4.69. The molecule has 0 aliphatic carbocycles. The van der Waals surface area contributed by atoms with Crippen molar-refractivity contribution in [2.24, 2.45) is 0 Å². The van der Waals surface area contributed by atoms with Crippen LogP contribution in [0.4, 0.5) is 0 Å². The van der Waals surface area contributed by atoms with Crippen LogP contribution in [0.1, 0.15) is 23.7 Å². The zero-order valence-corrected chi connectivity index (χ0v) is 8.28. The summed E-state index contributed by atoms with van der Waals surface area (Å²) in [5, 5.41) is 11.0. The minimum atomic E-state index is -0.459. The first-order chi connectivity index (χ1) is 7.15. The van der Waals surface area contributed by atoms with E-state index in [2.05, 4.69) is 10.3 Å². The van der Waals surface area contributed by atoms with Crippen LogP contribution in [0.15, 0.2) is 23.1 Å². The molecule has 1 amide bonds. The van der Waals surface area contributed by atoms with E-state index in [0.29, 0.717) is 0 Å². The molecule has 0 saturated carbocycles. The fourth-order valence-corrected chi connectivity index (χ4v) is 1.09. The fraction of sp³-hybridized carbons (Fsp3) is 0.300. The first-order valence-corrected chi connectivity index (χ1v) is 4.50. The number of pyridine rings is 1. The molecule has 1 atom stereocenters. The maximum atomic E-state index is 11.5. The molecule has 5 heteroatoms. The lowest BCUT2D eigenvalue weighted by atomic mass is 10.2. The molecule has 0 saturated heterocycles. The molecule has 5 nitrogen and oxygen atoms in total. The van der Waals surface area contributed by atoms with Crippen molar-refractivity contribution in [2.75, 3.05) is 0 Å². The summed E-state index contributed by atoms with van der Waals surface area (Å²) in [7, 11) is 0. The molecule has 1 heterocycles. The number of nitrogens with zero attached hydrogens (tertiary/aromatic N) is 1. The van der Waals surface area contributed by atoms with Gasteiger partial charge in [0.2, 0.25) is 0 Å². The van der Waals surface area contributed by atoms with Crippen LogP contribution >= 0.6 is 0 Å². The van der Waals surface area contributed by atoms with Gasteiger partial charge in [-0.25, -0.2) is 0 Å². The van der Waals surface area contributed by atoms with Gasteiger partial charge in [0.05, 0.1) is 12.5 Å². The normalized spacial score (nSPS) is 11.5. The van der Waals surface area contributed by atoms with Crippen LogP contribution in [0, 0.1) is 11.3 Å². The zero-order chi connectivity index (χ0) is 11.3. The Kier molecular flexibility index (Phi) is 3.63.